The molecule has 2 heterocycles. The maximum Gasteiger partial charge on any atom is 0.317 e. The first kappa shape index (κ1) is 14.6. The summed E-state index contributed by atoms with van der Waals surface area (Å²) in [6.07, 6.45) is 5.52. The molecule has 21 heavy (non-hydrogen) atoms. The third-order valence-corrected chi connectivity index (χ3v) is 5.33. The van der Waals surface area contributed by atoms with Gasteiger partial charge in [0.25, 0.3) is 0 Å². The summed E-state index contributed by atoms with van der Waals surface area (Å²) in [4.78, 5) is 27.7. The Morgan fingerprint density at radius 3 is 2.57 bits per heavy atom. The number of carboxylic acid groups (broad SMARTS) is 1. The molecule has 0 aromatic heterocycles. The second kappa shape index (κ2) is 5.83. The molecule has 118 valence electrons. The second-order valence-corrected chi connectivity index (χ2v) is 6.78. The number of likely N-dealkylation sites (N-methyl/N-ethyl adjacent to an activating group) is 1. The summed E-state index contributed by atoms with van der Waals surface area (Å²) in [6.45, 7) is 1.55. The molecule has 3 unspecified atom stereocenters. The number of rotatable bonds is 4. The fourth-order valence-electron chi connectivity index (χ4n) is 3.77. The predicted octanol–water partition coefficient (Wildman–Crippen LogP) is 1.12. The minimum Gasteiger partial charge on any atom is -0.481 e. The van der Waals surface area contributed by atoms with Gasteiger partial charge in [0, 0.05) is 31.2 Å². The van der Waals surface area contributed by atoms with Crippen molar-refractivity contribution in [3.05, 3.63) is 0 Å². The van der Waals surface area contributed by atoms with Gasteiger partial charge in [-0.15, -0.1) is 0 Å². The third-order valence-electron chi connectivity index (χ3n) is 5.33. The molecule has 0 aromatic carbocycles. The van der Waals surface area contributed by atoms with E-state index in [4.69, 9.17) is 5.11 Å². The lowest BCUT2D eigenvalue weighted by atomic mass is 10.1. The van der Waals surface area contributed by atoms with Crippen LogP contribution in [0.3, 0.4) is 0 Å². The van der Waals surface area contributed by atoms with Crippen molar-refractivity contribution in [1.29, 1.82) is 0 Å². The number of aliphatic carboxylic acids is 1. The van der Waals surface area contributed by atoms with E-state index >= 15 is 0 Å². The van der Waals surface area contributed by atoms with E-state index in [2.05, 4.69) is 17.3 Å². The molecule has 1 saturated carbocycles. The number of nitrogens with zero attached hydrogens (tertiary/aromatic N) is 2. The Kier molecular flexibility index (Phi) is 4.06. The van der Waals surface area contributed by atoms with Crippen molar-refractivity contribution in [1.82, 2.24) is 15.1 Å². The van der Waals surface area contributed by atoms with Crippen molar-refractivity contribution in [2.24, 2.45) is 5.92 Å². The largest absolute Gasteiger partial charge is 0.481 e. The average molecular weight is 295 g/mol. The highest BCUT2D eigenvalue weighted by Gasteiger charge is 2.38. The quantitative estimate of drug-likeness (QED) is 0.815. The number of carbonyl (C=O) groups excluding carboxylic acids is 1. The normalized spacial score (nSPS) is 30.8. The zero-order valence-electron chi connectivity index (χ0n) is 12.6. The standard InChI is InChI=1S/C15H25N3O3/c1-17-11-4-5-12(17)9-18(7-6-11)15(21)16-13(8-14(19)20)10-2-3-10/h10-13H,2-9H2,1H3,(H,16,21)(H,19,20). The van der Waals surface area contributed by atoms with Crippen molar-refractivity contribution >= 4 is 12.0 Å². The molecular formula is C15H25N3O3. The highest BCUT2D eigenvalue weighted by Crippen LogP contribution is 2.34. The van der Waals surface area contributed by atoms with Crippen molar-refractivity contribution in [3.8, 4) is 0 Å². The molecule has 0 aromatic rings. The summed E-state index contributed by atoms with van der Waals surface area (Å²) in [7, 11) is 2.15. The third kappa shape index (κ3) is 3.31. The summed E-state index contributed by atoms with van der Waals surface area (Å²) in [6, 6.07) is 0.787. The zero-order chi connectivity index (χ0) is 15.0. The summed E-state index contributed by atoms with van der Waals surface area (Å²) in [5.41, 5.74) is 0. The maximum absolute atomic E-state index is 12.5. The first-order valence-electron chi connectivity index (χ1n) is 8.03. The van der Waals surface area contributed by atoms with Crippen LogP contribution < -0.4 is 5.32 Å². The second-order valence-electron chi connectivity index (χ2n) is 6.78. The number of hydrogen-bond donors (Lipinski definition) is 2. The number of hydrogen-bond acceptors (Lipinski definition) is 3. The van der Waals surface area contributed by atoms with Gasteiger partial charge in [0.1, 0.15) is 0 Å². The Balaban J connectivity index is 1.58. The van der Waals surface area contributed by atoms with Crippen molar-refractivity contribution in [2.75, 3.05) is 20.1 Å². The first-order valence-corrected chi connectivity index (χ1v) is 8.03. The lowest BCUT2D eigenvalue weighted by Gasteiger charge is -2.28. The van der Waals surface area contributed by atoms with E-state index in [0.29, 0.717) is 18.0 Å². The van der Waals surface area contributed by atoms with Gasteiger partial charge in [-0.2, -0.15) is 0 Å². The van der Waals surface area contributed by atoms with E-state index in [1.807, 2.05) is 4.90 Å². The molecule has 0 radical (unpaired) electrons. The van der Waals surface area contributed by atoms with Gasteiger partial charge in [0.15, 0.2) is 0 Å². The molecule has 6 nitrogen and oxygen atoms in total. The maximum atomic E-state index is 12.5. The molecule has 2 N–H and O–H groups in total. The number of fused-ring (bicyclic) bond motifs is 2. The fraction of sp³-hybridized carbons (Fsp3) is 0.867. The summed E-state index contributed by atoms with van der Waals surface area (Å²) >= 11 is 0. The minimum absolute atomic E-state index is 0.0379. The van der Waals surface area contributed by atoms with E-state index in [-0.39, 0.29) is 18.5 Å². The van der Waals surface area contributed by atoms with E-state index < -0.39 is 5.97 Å². The van der Waals surface area contributed by atoms with Crippen LogP contribution >= 0.6 is 0 Å². The van der Waals surface area contributed by atoms with Gasteiger partial charge in [-0.1, -0.05) is 0 Å². The van der Waals surface area contributed by atoms with Gasteiger partial charge >= 0.3 is 12.0 Å². The molecule has 2 amide bonds. The van der Waals surface area contributed by atoms with Crippen LogP contribution in [-0.4, -0.2) is 65.2 Å². The fourth-order valence-corrected chi connectivity index (χ4v) is 3.77. The van der Waals surface area contributed by atoms with Crippen LogP contribution in [0, 0.1) is 5.92 Å². The lowest BCUT2D eigenvalue weighted by Crippen LogP contribution is -2.49. The zero-order valence-corrected chi connectivity index (χ0v) is 12.6. The molecule has 6 heteroatoms. The van der Waals surface area contributed by atoms with Crippen LogP contribution in [0.2, 0.25) is 0 Å². The lowest BCUT2D eigenvalue weighted by molar-refractivity contribution is -0.137. The van der Waals surface area contributed by atoms with Gasteiger partial charge in [0.05, 0.1) is 6.42 Å². The van der Waals surface area contributed by atoms with Gasteiger partial charge in [-0.3, -0.25) is 9.69 Å². The van der Waals surface area contributed by atoms with Gasteiger partial charge < -0.3 is 15.3 Å². The highest BCUT2D eigenvalue weighted by atomic mass is 16.4. The van der Waals surface area contributed by atoms with Gasteiger partial charge in [0.2, 0.25) is 0 Å². The molecular weight excluding hydrogens is 270 g/mol. The highest BCUT2D eigenvalue weighted by molar-refractivity contribution is 5.76. The van der Waals surface area contributed by atoms with Crippen molar-refractivity contribution in [3.63, 3.8) is 0 Å². The predicted molar refractivity (Wildman–Crippen MR) is 78.1 cm³/mol. The monoisotopic (exact) mass is 295 g/mol. The van der Waals surface area contributed by atoms with Crippen LogP contribution in [-0.2, 0) is 4.79 Å². The minimum atomic E-state index is -0.832. The van der Waals surface area contributed by atoms with Crippen molar-refractivity contribution < 1.29 is 14.7 Å². The topological polar surface area (TPSA) is 72.9 Å². The Bertz CT molecular complexity index is 424. The number of carboxylic acids is 1. The number of likely N-dealkylation sites (tertiary alicyclic amines) is 1. The molecule has 2 saturated heterocycles. The molecule has 3 fully saturated rings. The summed E-state index contributed by atoms with van der Waals surface area (Å²) < 4.78 is 0. The Morgan fingerprint density at radius 1 is 1.19 bits per heavy atom. The molecule has 0 spiro atoms. The Labute approximate surface area is 125 Å². The number of urea groups is 1. The smallest absolute Gasteiger partial charge is 0.317 e. The summed E-state index contributed by atoms with van der Waals surface area (Å²) in [5, 5.41) is 11.9. The van der Waals surface area contributed by atoms with E-state index in [1.54, 1.807) is 0 Å². The van der Waals surface area contributed by atoms with Crippen LogP contribution in [0.5, 0.6) is 0 Å². The molecule has 3 atom stereocenters. The first-order chi connectivity index (χ1) is 10.0. The summed E-state index contributed by atoms with van der Waals surface area (Å²) in [5.74, 6) is -0.474. The molecule has 1 aliphatic carbocycles. The van der Waals surface area contributed by atoms with E-state index in [1.165, 1.54) is 6.42 Å². The average Bonchev–Trinajstić information content (AvgIpc) is 3.17. The van der Waals surface area contributed by atoms with Crippen LogP contribution in [0.1, 0.15) is 38.5 Å². The van der Waals surface area contributed by atoms with Crippen LogP contribution in [0.15, 0.2) is 0 Å². The van der Waals surface area contributed by atoms with Gasteiger partial charge in [-0.25, -0.2) is 4.79 Å². The molecule has 2 aliphatic heterocycles. The number of carbonyl (C=O) groups is 2. The van der Waals surface area contributed by atoms with Crippen LogP contribution in [0.25, 0.3) is 0 Å². The van der Waals surface area contributed by atoms with Crippen molar-refractivity contribution in [2.45, 2.75) is 56.7 Å². The van der Waals surface area contributed by atoms with Crippen LogP contribution in [0.4, 0.5) is 4.79 Å². The number of nitrogens with one attached hydrogen (secondary N) is 1. The Morgan fingerprint density at radius 2 is 1.90 bits per heavy atom. The Hall–Kier alpha value is -1.30. The van der Waals surface area contributed by atoms with Gasteiger partial charge in [-0.05, 0) is 45.1 Å². The number of amides is 2. The van der Waals surface area contributed by atoms with E-state index in [9.17, 15) is 9.59 Å². The molecule has 2 bridgehead atoms. The molecule has 3 aliphatic rings. The SMILES string of the molecule is CN1C2CCC1CN(C(=O)NC(CC(=O)O)C1CC1)CC2. The van der Waals surface area contributed by atoms with E-state index in [0.717, 1.165) is 38.8 Å². The molecule has 3 rings (SSSR count).